The molecule has 0 spiro atoms. The molecule has 1 aromatic rings. The second kappa shape index (κ2) is 5.63. The number of anilines is 1. The van der Waals surface area contributed by atoms with E-state index in [4.69, 9.17) is 23.2 Å². The summed E-state index contributed by atoms with van der Waals surface area (Å²) in [6, 6.07) is 6.57. The Hall–Kier alpha value is -1.24. The van der Waals surface area contributed by atoms with Crippen molar-refractivity contribution >= 4 is 44.0 Å². The van der Waals surface area contributed by atoms with Gasteiger partial charge in [-0.1, -0.05) is 23.7 Å². The zero-order valence-corrected chi connectivity index (χ0v) is 13.2. The summed E-state index contributed by atoms with van der Waals surface area (Å²) in [5, 5.41) is 1.17. The summed E-state index contributed by atoms with van der Waals surface area (Å²) < 4.78 is 24.8. The number of hydrogen-bond acceptors (Lipinski definition) is 5. The highest BCUT2D eigenvalue weighted by molar-refractivity contribution is 7.92. The molecule has 1 aliphatic rings. The molecule has 108 valence electrons. The van der Waals surface area contributed by atoms with Crippen molar-refractivity contribution in [2.45, 2.75) is 24.0 Å². The molecule has 0 unspecified atom stereocenters. The van der Waals surface area contributed by atoms with Crippen molar-refractivity contribution in [2.75, 3.05) is 5.01 Å². The quantitative estimate of drug-likeness (QED) is 0.864. The molecule has 0 aliphatic carbocycles. The lowest BCUT2D eigenvalue weighted by Crippen LogP contribution is -2.41. The Balaban J connectivity index is 2.55. The predicted octanol–water partition coefficient (Wildman–Crippen LogP) is 2.83. The molecule has 0 saturated heterocycles. The molecule has 0 atom stereocenters. The molecule has 0 aromatic heterocycles. The monoisotopic (exact) mass is 333 g/mol. The summed E-state index contributed by atoms with van der Waals surface area (Å²) in [4.78, 5) is 3.98. The third kappa shape index (κ3) is 2.77. The van der Waals surface area contributed by atoms with E-state index in [-0.39, 0.29) is 15.3 Å². The van der Waals surface area contributed by atoms with Crippen molar-refractivity contribution in [2.24, 2.45) is 4.99 Å². The van der Waals surface area contributed by atoms with Gasteiger partial charge >= 0.3 is 0 Å². The van der Waals surface area contributed by atoms with Crippen LogP contribution in [0.5, 0.6) is 0 Å². The van der Waals surface area contributed by atoms with Gasteiger partial charge in [-0.25, -0.2) is 18.4 Å². The molecule has 1 aliphatic heterocycles. The van der Waals surface area contributed by atoms with Crippen LogP contribution in [0.15, 0.2) is 45.5 Å². The number of rotatable bonds is 3. The van der Waals surface area contributed by atoms with E-state index in [2.05, 4.69) is 10.4 Å². The lowest BCUT2D eigenvalue weighted by molar-refractivity contribution is 0.587. The minimum absolute atomic E-state index is 0.103. The number of amidine groups is 1. The number of benzene rings is 1. The first kappa shape index (κ1) is 15.2. The summed E-state index contributed by atoms with van der Waals surface area (Å²) >= 11 is 11.8. The Morgan fingerprint density at radius 3 is 2.55 bits per heavy atom. The van der Waals surface area contributed by atoms with Crippen LogP contribution in [0.4, 0.5) is 5.69 Å². The van der Waals surface area contributed by atoms with Gasteiger partial charge < -0.3 is 0 Å². The lowest BCUT2D eigenvalue weighted by atomic mass is 10.3. The Morgan fingerprint density at radius 1 is 1.25 bits per heavy atom. The number of nitrogens with zero attached hydrogens (tertiary/aromatic N) is 2. The molecule has 5 nitrogen and oxygen atoms in total. The van der Waals surface area contributed by atoms with E-state index in [0.29, 0.717) is 5.69 Å². The topological polar surface area (TPSA) is 61.8 Å². The van der Waals surface area contributed by atoms with Crippen molar-refractivity contribution in [3.8, 4) is 0 Å². The summed E-state index contributed by atoms with van der Waals surface area (Å²) in [6.45, 7) is 3.25. The Bertz CT molecular complexity index is 684. The maximum absolute atomic E-state index is 12.4. The summed E-state index contributed by atoms with van der Waals surface area (Å²) in [7, 11) is -3.45. The average Bonchev–Trinajstić information content (AvgIpc) is 2.41. The van der Waals surface area contributed by atoms with Crippen LogP contribution in [0.25, 0.3) is 0 Å². The van der Waals surface area contributed by atoms with Crippen molar-refractivity contribution in [1.29, 1.82) is 0 Å². The fourth-order valence-electron chi connectivity index (χ4n) is 1.65. The molecule has 1 aromatic carbocycles. The smallest absolute Gasteiger partial charge is 0.215 e. The lowest BCUT2D eigenvalue weighted by Gasteiger charge is -2.28. The van der Waals surface area contributed by atoms with Crippen LogP contribution in [-0.2, 0) is 9.84 Å². The highest BCUT2D eigenvalue weighted by Crippen LogP contribution is 2.31. The molecule has 0 amide bonds. The van der Waals surface area contributed by atoms with Gasteiger partial charge in [-0.3, -0.25) is 5.43 Å². The summed E-state index contributed by atoms with van der Waals surface area (Å²) in [6.07, 6.45) is 1.35. The van der Waals surface area contributed by atoms with Gasteiger partial charge in [0.15, 0.2) is 9.84 Å². The van der Waals surface area contributed by atoms with Crippen LogP contribution in [0.2, 0.25) is 0 Å². The molecule has 0 bridgehead atoms. The molecule has 0 fully saturated rings. The zero-order chi connectivity index (χ0) is 14.9. The molecule has 0 radical (unpaired) electrons. The van der Waals surface area contributed by atoms with E-state index in [1.807, 2.05) is 0 Å². The zero-order valence-electron chi connectivity index (χ0n) is 10.8. The SMILES string of the molecule is CC(C)S(=O)(=O)c1ccccc1N1NC(Cl)=NC=C1Cl. The largest absolute Gasteiger partial charge is 0.266 e. The minimum atomic E-state index is -3.45. The third-order valence-corrected chi connectivity index (χ3v) is 5.38. The van der Waals surface area contributed by atoms with Gasteiger partial charge in [0, 0.05) is 0 Å². The first-order valence-corrected chi connectivity index (χ1v) is 8.13. The van der Waals surface area contributed by atoms with E-state index in [1.54, 1.807) is 32.0 Å². The van der Waals surface area contributed by atoms with Gasteiger partial charge in [-0.05, 0) is 37.6 Å². The molecule has 0 saturated carbocycles. The first-order chi connectivity index (χ1) is 9.34. The number of hydrazine groups is 1. The molecular weight excluding hydrogens is 321 g/mol. The second-order valence-electron chi connectivity index (χ2n) is 4.38. The minimum Gasteiger partial charge on any atom is -0.266 e. The van der Waals surface area contributed by atoms with Gasteiger partial charge in [0.05, 0.1) is 22.0 Å². The molecule has 20 heavy (non-hydrogen) atoms. The van der Waals surface area contributed by atoms with Crippen LogP contribution in [-0.4, -0.2) is 19.0 Å². The molecule has 2 rings (SSSR count). The Labute approximate surface area is 127 Å². The number of halogens is 2. The number of hydrogen-bond donors (Lipinski definition) is 1. The molecule has 1 N–H and O–H groups in total. The predicted molar refractivity (Wildman–Crippen MR) is 81.6 cm³/mol. The Kier molecular flexibility index (Phi) is 4.27. The normalized spacial score (nSPS) is 15.8. The van der Waals surface area contributed by atoms with Crippen LogP contribution in [0.3, 0.4) is 0 Å². The number of aliphatic imine (C=N–C) groups is 1. The Morgan fingerprint density at radius 2 is 1.90 bits per heavy atom. The van der Waals surface area contributed by atoms with Crippen LogP contribution in [0.1, 0.15) is 13.8 Å². The van der Waals surface area contributed by atoms with Crippen molar-refractivity contribution < 1.29 is 8.42 Å². The van der Waals surface area contributed by atoms with E-state index in [9.17, 15) is 8.42 Å². The van der Waals surface area contributed by atoms with Gasteiger partial charge in [0.25, 0.3) is 0 Å². The van der Waals surface area contributed by atoms with Gasteiger partial charge in [-0.2, -0.15) is 0 Å². The highest BCUT2D eigenvalue weighted by Gasteiger charge is 2.27. The van der Waals surface area contributed by atoms with Gasteiger partial charge in [-0.15, -0.1) is 0 Å². The second-order valence-corrected chi connectivity index (χ2v) is 7.60. The molecule has 8 heteroatoms. The summed E-state index contributed by atoms with van der Waals surface area (Å²) in [5.74, 6) is 0. The van der Waals surface area contributed by atoms with Crippen LogP contribution < -0.4 is 10.4 Å². The number of para-hydroxylation sites is 1. The highest BCUT2D eigenvalue weighted by atomic mass is 35.5. The number of nitrogens with one attached hydrogen (secondary N) is 1. The van der Waals surface area contributed by atoms with Crippen LogP contribution in [0, 0.1) is 0 Å². The van der Waals surface area contributed by atoms with Crippen molar-refractivity contribution in [1.82, 2.24) is 5.43 Å². The van der Waals surface area contributed by atoms with E-state index in [1.165, 1.54) is 17.3 Å². The standard InChI is InChI=1S/C12H13Cl2N3O2S/c1-8(2)20(18,19)10-6-4-3-5-9(10)17-11(13)7-15-12(14)16-17/h3-8H,1-2H3,(H,15,16). The van der Waals surface area contributed by atoms with Gasteiger partial charge in [0.2, 0.25) is 5.29 Å². The van der Waals surface area contributed by atoms with E-state index in [0.717, 1.165) is 0 Å². The fraction of sp³-hybridized carbons (Fsp3) is 0.250. The maximum Gasteiger partial charge on any atom is 0.215 e. The van der Waals surface area contributed by atoms with Gasteiger partial charge in [0.1, 0.15) is 5.16 Å². The van der Waals surface area contributed by atoms with Crippen molar-refractivity contribution in [3.05, 3.63) is 35.6 Å². The molecule has 1 heterocycles. The van der Waals surface area contributed by atoms with E-state index < -0.39 is 15.1 Å². The summed E-state index contributed by atoms with van der Waals surface area (Å²) in [5.41, 5.74) is 3.12. The van der Waals surface area contributed by atoms with Crippen molar-refractivity contribution in [3.63, 3.8) is 0 Å². The third-order valence-electron chi connectivity index (χ3n) is 2.74. The fourth-order valence-corrected chi connectivity index (χ4v) is 3.20. The maximum atomic E-state index is 12.4. The first-order valence-electron chi connectivity index (χ1n) is 5.82. The average molecular weight is 334 g/mol. The van der Waals surface area contributed by atoms with Crippen LogP contribution >= 0.6 is 23.2 Å². The molecular formula is C12H13Cl2N3O2S. The number of sulfone groups is 1. The van der Waals surface area contributed by atoms with E-state index >= 15 is 0 Å².